The lowest BCUT2D eigenvalue weighted by atomic mass is 10.2. The van der Waals surface area contributed by atoms with Gasteiger partial charge in [0, 0.05) is 17.1 Å². The van der Waals surface area contributed by atoms with Gasteiger partial charge in [0.25, 0.3) is 0 Å². The van der Waals surface area contributed by atoms with Crippen molar-refractivity contribution in [3.63, 3.8) is 0 Å². The molecule has 92 valence electrons. The quantitative estimate of drug-likeness (QED) is 0.932. The van der Waals surface area contributed by atoms with E-state index < -0.39 is 9.84 Å². The summed E-state index contributed by atoms with van der Waals surface area (Å²) in [5.74, 6) is 0. The maximum absolute atomic E-state index is 12.2. The molecule has 0 saturated heterocycles. The first-order valence-corrected chi connectivity index (χ1v) is 7.67. The molecule has 2 rings (SSSR count). The van der Waals surface area contributed by atoms with Crippen molar-refractivity contribution in [1.82, 2.24) is 5.32 Å². The van der Waals surface area contributed by atoms with E-state index in [1.165, 1.54) is 0 Å². The van der Waals surface area contributed by atoms with Crippen molar-refractivity contribution >= 4 is 31.8 Å². The van der Waals surface area contributed by atoms with E-state index in [1.807, 2.05) is 19.9 Å². The topological polar surface area (TPSA) is 46.2 Å². The molecule has 1 aliphatic rings. The molecule has 1 aromatic carbocycles. The van der Waals surface area contributed by atoms with E-state index >= 15 is 0 Å². The number of fused-ring (bicyclic) bond motifs is 1. The molecule has 0 bridgehead atoms. The van der Waals surface area contributed by atoms with Crippen molar-refractivity contribution in [2.75, 3.05) is 6.54 Å². The second-order valence-electron chi connectivity index (χ2n) is 4.33. The van der Waals surface area contributed by atoms with E-state index in [4.69, 9.17) is 0 Å². The minimum Gasteiger partial charge on any atom is -0.310 e. The van der Waals surface area contributed by atoms with Gasteiger partial charge in [-0.05, 0) is 29.8 Å². The smallest absolute Gasteiger partial charge is 0.204 e. The van der Waals surface area contributed by atoms with Gasteiger partial charge < -0.3 is 5.32 Å². The van der Waals surface area contributed by atoms with Gasteiger partial charge >= 0.3 is 0 Å². The molecule has 0 aromatic heterocycles. The fourth-order valence-corrected chi connectivity index (χ4v) is 3.61. The van der Waals surface area contributed by atoms with Crippen LogP contribution in [0.2, 0.25) is 0 Å². The average molecular weight is 316 g/mol. The summed E-state index contributed by atoms with van der Waals surface area (Å²) in [6, 6.07) is 5.49. The molecule has 0 radical (unpaired) electrons. The first kappa shape index (κ1) is 12.8. The first-order valence-electron chi connectivity index (χ1n) is 5.40. The van der Waals surface area contributed by atoms with Gasteiger partial charge in [0.1, 0.15) is 0 Å². The van der Waals surface area contributed by atoms with Crippen LogP contribution in [0.5, 0.6) is 0 Å². The number of nitrogens with one attached hydrogen (secondary N) is 1. The number of hydrogen-bond acceptors (Lipinski definition) is 3. The normalized spacial score (nSPS) is 17.1. The molecule has 1 aliphatic heterocycles. The Bertz CT molecular complexity index is 576. The molecular formula is C12H14BrNO2S. The Morgan fingerprint density at radius 2 is 2.06 bits per heavy atom. The van der Waals surface area contributed by atoms with E-state index in [0.717, 1.165) is 10.0 Å². The first-order chi connectivity index (χ1) is 7.91. The summed E-state index contributed by atoms with van der Waals surface area (Å²) >= 11 is 3.34. The summed E-state index contributed by atoms with van der Waals surface area (Å²) in [6.45, 7) is 4.37. The van der Waals surface area contributed by atoms with Crippen LogP contribution in [0.25, 0.3) is 6.08 Å². The number of benzene rings is 1. The van der Waals surface area contributed by atoms with Crippen molar-refractivity contribution in [2.24, 2.45) is 0 Å². The van der Waals surface area contributed by atoms with Gasteiger partial charge in [0.05, 0.1) is 9.80 Å². The lowest BCUT2D eigenvalue weighted by Crippen LogP contribution is -2.26. The highest BCUT2D eigenvalue weighted by Gasteiger charge is 2.29. The van der Waals surface area contributed by atoms with Crippen LogP contribution in [0.3, 0.4) is 0 Å². The zero-order valence-electron chi connectivity index (χ0n) is 9.70. The third-order valence-electron chi connectivity index (χ3n) is 2.61. The molecule has 0 atom stereocenters. The van der Waals surface area contributed by atoms with Crippen LogP contribution in [0.4, 0.5) is 0 Å². The average Bonchev–Trinajstić information content (AvgIpc) is 2.46. The maximum atomic E-state index is 12.2. The van der Waals surface area contributed by atoms with Gasteiger partial charge in [-0.3, -0.25) is 0 Å². The molecule has 1 N–H and O–H groups in total. The molecule has 0 saturated carbocycles. The highest BCUT2D eigenvalue weighted by Crippen LogP contribution is 2.33. The number of hydrogen-bond donors (Lipinski definition) is 1. The molecule has 0 amide bonds. The molecule has 0 spiro atoms. The minimum atomic E-state index is -3.28. The summed E-state index contributed by atoms with van der Waals surface area (Å²) in [5.41, 5.74) is 0.764. The second-order valence-corrected chi connectivity index (χ2v) is 7.22. The maximum Gasteiger partial charge on any atom is 0.204 e. The van der Waals surface area contributed by atoms with Crippen LogP contribution in [0.1, 0.15) is 19.4 Å². The lowest BCUT2D eigenvalue weighted by Gasteiger charge is -2.08. The number of rotatable bonds is 3. The fraction of sp³-hybridized carbons (Fsp3) is 0.333. The highest BCUT2D eigenvalue weighted by molar-refractivity contribution is 9.10. The Morgan fingerprint density at radius 3 is 2.71 bits per heavy atom. The van der Waals surface area contributed by atoms with Gasteiger partial charge in [0.15, 0.2) is 0 Å². The monoisotopic (exact) mass is 315 g/mol. The van der Waals surface area contributed by atoms with Crippen LogP contribution in [0.15, 0.2) is 32.5 Å². The summed E-state index contributed by atoms with van der Waals surface area (Å²) in [6.07, 6.45) is 1.74. The molecule has 1 heterocycles. The van der Waals surface area contributed by atoms with Crippen molar-refractivity contribution in [3.8, 4) is 0 Å². The SMILES string of the molecule is CC(C)NCC1=Cc2cc(Br)ccc2S1(=O)=O. The highest BCUT2D eigenvalue weighted by atomic mass is 79.9. The van der Waals surface area contributed by atoms with Gasteiger partial charge in [0.2, 0.25) is 9.84 Å². The van der Waals surface area contributed by atoms with Crippen LogP contribution in [-0.2, 0) is 9.84 Å². The van der Waals surface area contributed by atoms with Crippen molar-refractivity contribution in [1.29, 1.82) is 0 Å². The Kier molecular flexibility index (Phi) is 3.43. The van der Waals surface area contributed by atoms with Crippen molar-refractivity contribution in [3.05, 3.63) is 33.1 Å². The molecular weight excluding hydrogens is 302 g/mol. The Balaban J connectivity index is 2.37. The minimum absolute atomic E-state index is 0.265. The molecule has 0 unspecified atom stereocenters. The number of sulfone groups is 1. The van der Waals surface area contributed by atoms with Gasteiger partial charge in [-0.15, -0.1) is 0 Å². The van der Waals surface area contributed by atoms with Gasteiger partial charge in [-0.1, -0.05) is 29.8 Å². The summed E-state index contributed by atoms with van der Waals surface area (Å²) in [7, 11) is -3.28. The largest absolute Gasteiger partial charge is 0.310 e. The molecule has 3 nitrogen and oxygen atoms in total. The molecule has 0 aliphatic carbocycles. The summed E-state index contributed by atoms with van der Waals surface area (Å²) in [5, 5.41) is 3.13. The van der Waals surface area contributed by atoms with Gasteiger partial charge in [-0.2, -0.15) is 0 Å². The van der Waals surface area contributed by atoms with Crippen LogP contribution >= 0.6 is 15.9 Å². The van der Waals surface area contributed by atoms with Crippen LogP contribution in [0, 0.1) is 0 Å². The van der Waals surface area contributed by atoms with Crippen molar-refractivity contribution in [2.45, 2.75) is 24.8 Å². The number of halogens is 1. The summed E-state index contributed by atoms with van der Waals surface area (Å²) < 4.78 is 25.3. The van der Waals surface area contributed by atoms with E-state index in [1.54, 1.807) is 18.2 Å². The second kappa shape index (κ2) is 4.55. The van der Waals surface area contributed by atoms with E-state index in [2.05, 4.69) is 21.2 Å². The van der Waals surface area contributed by atoms with Crippen molar-refractivity contribution < 1.29 is 8.42 Å². The van der Waals surface area contributed by atoms with Crippen LogP contribution in [-0.4, -0.2) is 21.0 Å². The molecule has 17 heavy (non-hydrogen) atoms. The third kappa shape index (κ3) is 2.46. The fourth-order valence-electron chi connectivity index (χ4n) is 1.72. The van der Waals surface area contributed by atoms with E-state index in [0.29, 0.717) is 16.3 Å². The molecule has 5 heteroatoms. The third-order valence-corrected chi connectivity index (χ3v) is 5.00. The Labute approximate surface area is 110 Å². The Morgan fingerprint density at radius 1 is 1.35 bits per heavy atom. The lowest BCUT2D eigenvalue weighted by molar-refractivity contribution is 0.593. The predicted octanol–water partition coefficient (Wildman–Crippen LogP) is 2.58. The zero-order valence-corrected chi connectivity index (χ0v) is 12.1. The molecule has 0 fully saturated rings. The van der Waals surface area contributed by atoms with E-state index in [9.17, 15) is 8.42 Å². The Hall–Kier alpha value is -0.650. The predicted molar refractivity (Wildman–Crippen MR) is 72.4 cm³/mol. The van der Waals surface area contributed by atoms with E-state index in [-0.39, 0.29) is 6.04 Å². The zero-order chi connectivity index (χ0) is 12.6. The van der Waals surface area contributed by atoms with Gasteiger partial charge in [-0.25, -0.2) is 8.42 Å². The summed E-state index contributed by atoms with van der Waals surface area (Å²) in [4.78, 5) is 0.848. The standard InChI is InChI=1S/C12H14BrNO2S/c1-8(2)14-7-11-6-9-5-10(13)3-4-12(9)17(11,15)16/h3-6,8,14H,7H2,1-2H3. The van der Waals surface area contributed by atoms with Crippen LogP contribution < -0.4 is 5.32 Å². The molecule has 1 aromatic rings.